The van der Waals surface area contributed by atoms with Crippen LogP contribution < -0.4 is 10.6 Å². The van der Waals surface area contributed by atoms with Gasteiger partial charge in [-0.2, -0.15) is 0 Å². The molecule has 16 heavy (non-hydrogen) atoms. The van der Waals surface area contributed by atoms with E-state index in [1.807, 2.05) is 20.9 Å². The molecule has 0 spiro atoms. The molecule has 0 saturated carbocycles. The molecule has 0 aromatic heterocycles. The van der Waals surface area contributed by atoms with Gasteiger partial charge in [0.25, 0.3) is 0 Å². The van der Waals surface area contributed by atoms with Crippen molar-refractivity contribution >= 4 is 5.91 Å². The third-order valence-corrected chi connectivity index (χ3v) is 3.03. The Morgan fingerprint density at radius 2 is 2.19 bits per heavy atom. The van der Waals surface area contributed by atoms with Gasteiger partial charge in [-0.15, -0.1) is 0 Å². The summed E-state index contributed by atoms with van der Waals surface area (Å²) >= 11 is 0. The third-order valence-electron chi connectivity index (χ3n) is 3.03. The number of carbonyl (C=O) groups excluding carboxylic acids is 1. The van der Waals surface area contributed by atoms with Gasteiger partial charge in [0.05, 0.1) is 24.7 Å². The van der Waals surface area contributed by atoms with Crippen LogP contribution in [0.3, 0.4) is 0 Å². The topological polar surface area (TPSA) is 59.6 Å². The summed E-state index contributed by atoms with van der Waals surface area (Å²) in [6, 6.07) is 0.116. The number of methoxy groups -OCH3 is 1. The van der Waals surface area contributed by atoms with Crippen molar-refractivity contribution in [3.05, 3.63) is 0 Å². The summed E-state index contributed by atoms with van der Waals surface area (Å²) in [5.41, 5.74) is -0.329. The largest absolute Gasteiger partial charge is 0.379 e. The molecule has 1 aliphatic rings. The minimum absolute atomic E-state index is 0.0296. The lowest BCUT2D eigenvalue weighted by atomic mass is 10.0. The standard InChI is InChI=1S/C11H22N2O3/c1-11(2,15-4)7-13-10(14)8-5-16-6-9(8)12-3/h8-9,12H,5-7H2,1-4H3,(H,13,14). The van der Waals surface area contributed by atoms with E-state index in [2.05, 4.69) is 10.6 Å². The molecule has 94 valence electrons. The van der Waals surface area contributed by atoms with E-state index in [4.69, 9.17) is 9.47 Å². The highest BCUT2D eigenvalue weighted by Crippen LogP contribution is 2.14. The van der Waals surface area contributed by atoms with Crippen LogP contribution >= 0.6 is 0 Å². The Morgan fingerprint density at radius 1 is 1.50 bits per heavy atom. The fraction of sp³-hybridized carbons (Fsp3) is 0.909. The number of nitrogens with one attached hydrogen (secondary N) is 2. The smallest absolute Gasteiger partial charge is 0.227 e. The normalized spacial score (nSPS) is 25.8. The lowest BCUT2D eigenvalue weighted by Crippen LogP contribution is -2.47. The van der Waals surface area contributed by atoms with Crippen molar-refractivity contribution in [3.63, 3.8) is 0 Å². The van der Waals surface area contributed by atoms with E-state index in [1.54, 1.807) is 7.11 Å². The van der Waals surface area contributed by atoms with E-state index in [1.165, 1.54) is 0 Å². The van der Waals surface area contributed by atoms with Crippen LogP contribution in [0, 0.1) is 5.92 Å². The van der Waals surface area contributed by atoms with Crippen LogP contribution in [0.25, 0.3) is 0 Å². The van der Waals surface area contributed by atoms with E-state index in [9.17, 15) is 4.79 Å². The maximum Gasteiger partial charge on any atom is 0.227 e. The molecule has 0 radical (unpaired) electrons. The number of hydrogen-bond donors (Lipinski definition) is 2. The first-order chi connectivity index (χ1) is 7.50. The van der Waals surface area contributed by atoms with Crippen molar-refractivity contribution in [1.29, 1.82) is 0 Å². The molecule has 2 unspecified atom stereocenters. The zero-order chi connectivity index (χ0) is 12.2. The average Bonchev–Trinajstić information content (AvgIpc) is 2.74. The highest BCUT2D eigenvalue weighted by Gasteiger charge is 2.33. The van der Waals surface area contributed by atoms with Gasteiger partial charge in [-0.25, -0.2) is 0 Å². The van der Waals surface area contributed by atoms with Crippen molar-refractivity contribution in [1.82, 2.24) is 10.6 Å². The van der Waals surface area contributed by atoms with E-state index < -0.39 is 0 Å². The second-order valence-corrected chi connectivity index (χ2v) is 4.72. The van der Waals surface area contributed by atoms with Gasteiger partial charge < -0.3 is 20.1 Å². The molecule has 1 saturated heterocycles. The lowest BCUT2D eigenvalue weighted by Gasteiger charge is -2.25. The van der Waals surface area contributed by atoms with Gasteiger partial charge in [0, 0.05) is 19.7 Å². The first-order valence-corrected chi connectivity index (χ1v) is 5.58. The average molecular weight is 230 g/mol. The number of ether oxygens (including phenoxy) is 2. The van der Waals surface area contributed by atoms with Crippen molar-refractivity contribution in [2.75, 3.05) is 33.9 Å². The zero-order valence-electron chi connectivity index (χ0n) is 10.5. The summed E-state index contributed by atoms with van der Waals surface area (Å²) in [4.78, 5) is 11.9. The number of rotatable bonds is 5. The molecule has 2 N–H and O–H groups in total. The third kappa shape index (κ3) is 3.43. The number of hydrogen-bond acceptors (Lipinski definition) is 4. The van der Waals surface area contributed by atoms with Crippen molar-refractivity contribution in [2.45, 2.75) is 25.5 Å². The monoisotopic (exact) mass is 230 g/mol. The second-order valence-electron chi connectivity index (χ2n) is 4.72. The molecule has 0 bridgehead atoms. The van der Waals surface area contributed by atoms with Gasteiger partial charge >= 0.3 is 0 Å². The molecule has 5 heteroatoms. The minimum atomic E-state index is -0.329. The fourth-order valence-electron chi connectivity index (χ4n) is 1.60. The van der Waals surface area contributed by atoms with Crippen molar-refractivity contribution in [2.24, 2.45) is 5.92 Å². The molecule has 1 rings (SSSR count). The Labute approximate surface area is 96.9 Å². The first-order valence-electron chi connectivity index (χ1n) is 5.58. The molecule has 2 atom stereocenters. The fourth-order valence-corrected chi connectivity index (χ4v) is 1.60. The Balaban J connectivity index is 2.40. The minimum Gasteiger partial charge on any atom is -0.379 e. The van der Waals surface area contributed by atoms with Gasteiger partial charge in [-0.3, -0.25) is 4.79 Å². The molecule has 1 aliphatic heterocycles. The van der Waals surface area contributed by atoms with Gasteiger partial charge in [-0.05, 0) is 20.9 Å². The first kappa shape index (κ1) is 13.4. The predicted molar refractivity (Wildman–Crippen MR) is 61.3 cm³/mol. The highest BCUT2D eigenvalue weighted by atomic mass is 16.5. The van der Waals surface area contributed by atoms with Gasteiger partial charge in [-0.1, -0.05) is 0 Å². The summed E-state index contributed by atoms with van der Waals surface area (Å²) in [6.07, 6.45) is 0. The van der Waals surface area contributed by atoms with Crippen LogP contribution in [0.4, 0.5) is 0 Å². The zero-order valence-corrected chi connectivity index (χ0v) is 10.5. The molecule has 0 aliphatic carbocycles. The molecule has 0 aromatic rings. The summed E-state index contributed by atoms with van der Waals surface area (Å²) in [7, 11) is 3.49. The molecule has 1 heterocycles. The number of amides is 1. The number of likely N-dealkylation sites (N-methyl/N-ethyl adjacent to an activating group) is 1. The van der Waals surface area contributed by atoms with Crippen LogP contribution in [-0.2, 0) is 14.3 Å². The molecular weight excluding hydrogens is 208 g/mol. The van der Waals surface area contributed by atoms with Crippen LogP contribution in [-0.4, -0.2) is 51.5 Å². The van der Waals surface area contributed by atoms with Gasteiger partial charge in [0.15, 0.2) is 0 Å². The SMILES string of the molecule is CNC1COCC1C(=O)NCC(C)(C)OC. The maximum atomic E-state index is 11.9. The predicted octanol–water partition coefficient (Wildman–Crippen LogP) is -0.238. The van der Waals surface area contributed by atoms with Crippen molar-refractivity contribution < 1.29 is 14.3 Å². The summed E-state index contributed by atoms with van der Waals surface area (Å²) < 4.78 is 10.5. The summed E-state index contributed by atoms with van der Waals surface area (Å²) in [5.74, 6) is -0.0698. The van der Waals surface area contributed by atoms with E-state index >= 15 is 0 Å². The van der Waals surface area contributed by atoms with E-state index in [0.29, 0.717) is 19.8 Å². The second kappa shape index (κ2) is 5.61. The highest BCUT2D eigenvalue weighted by molar-refractivity contribution is 5.79. The van der Waals surface area contributed by atoms with Crippen LogP contribution in [0.2, 0.25) is 0 Å². The van der Waals surface area contributed by atoms with E-state index in [-0.39, 0.29) is 23.5 Å². The van der Waals surface area contributed by atoms with Crippen LogP contribution in [0.15, 0.2) is 0 Å². The Kier molecular flexibility index (Phi) is 4.70. The Morgan fingerprint density at radius 3 is 2.75 bits per heavy atom. The summed E-state index contributed by atoms with van der Waals surface area (Å²) in [6.45, 7) is 5.48. The van der Waals surface area contributed by atoms with Gasteiger partial charge in [0.1, 0.15) is 0 Å². The van der Waals surface area contributed by atoms with E-state index in [0.717, 1.165) is 0 Å². The molecule has 1 fully saturated rings. The van der Waals surface area contributed by atoms with Gasteiger partial charge in [0.2, 0.25) is 5.91 Å². The quantitative estimate of drug-likeness (QED) is 0.684. The van der Waals surface area contributed by atoms with Crippen LogP contribution in [0.5, 0.6) is 0 Å². The van der Waals surface area contributed by atoms with Crippen molar-refractivity contribution in [3.8, 4) is 0 Å². The summed E-state index contributed by atoms with van der Waals surface area (Å²) in [5, 5.41) is 5.99. The molecule has 5 nitrogen and oxygen atoms in total. The lowest BCUT2D eigenvalue weighted by molar-refractivity contribution is -0.126. The molecule has 0 aromatic carbocycles. The maximum absolute atomic E-state index is 11.9. The molecule has 1 amide bonds. The molecular formula is C11H22N2O3. The van der Waals surface area contributed by atoms with Crippen LogP contribution in [0.1, 0.15) is 13.8 Å². The Bertz CT molecular complexity index is 243. The number of carbonyl (C=O) groups is 1. The Hall–Kier alpha value is -0.650.